The summed E-state index contributed by atoms with van der Waals surface area (Å²) in [5.74, 6) is -1.10. The summed E-state index contributed by atoms with van der Waals surface area (Å²) in [6.07, 6.45) is 3.20. The van der Waals surface area contributed by atoms with Gasteiger partial charge in [0.05, 0.1) is 17.2 Å². The van der Waals surface area contributed by atoms with E-state index in [1.807, 2.05) is 6.07 Å². The summed E-state index contributed by atoms with van der Waals surface area (Å²) in [5.41, 5.74) is 0.641. The Morgan fingerprint density at radius 2 is 2.00 bits per heavy atom. The van der Waals surface area contributed by atoms with Crippen molar-refractivity contribution >= 4 is 23.8 Å². The Kier molecular flexibility index (Phi) is 5.30. The summed E-state index contributed by atoms with van der Waals surface area (Å²) in [7, 11) is 1.42. The van der Waals surface area contributed by atoms with Gasteiger partial charge in [0, 0.05) is 23.2 Å². The average Bonchev–Trinajstić information content (AvgIpc) is 2.68. The van der Waals surface area contributed by atoms with Crippen molar-refractivity contribution in [2.45, 2.75) is 6.92 Å². The standard InChI is InChI=1S/C21H15ClFN3O2/c1-12-20(27)19(21(28)26(2)25-12)18-15(16(22)8-9-17(18)23)7-6-13-4-3-5-14(10-13)11-24/h3-10,27H,1-2H3/b7-6+. The minimum atomic E-state index is -0.701. The van der Waals surface area contributed by atoms with Gasteiger partial charge in [0.25, 0.3) is 5.56 Å². The van der Waals surface area contributed by atoms with E-state index in [-0.39, 0.29) is 27.4 Å². The Hall–Kier alpha value is -3.43. The summed E-state index contributed by atoms with van der Waals surface area (Å²) in [4.78, 5) is 12.6. The van der Waals surface area contributed by atoms with Gasteiger partial charge < -0.3 is 5.11 Å². The van der Waals surface area contributed by atoms with E-state index < -0.39 is 17.1 Å². The Bertz CT molecular complexity index is 1210. The second kappa shape index (κ2) is 7.67. The zero-order valence-corrected chi connectivity index (χ0v) is 15.8. The fraction of sp³-hybridized carbons (Fsp3) is 0.0952. The van der Waals surface area contributed by atoms with Gasteiger partial charge in [0.1, 0.15) is 11.5 Å². The molecule has 0 aliphatic carbocycles. The molecule has 7 heteroatoms. The molecule has 0 fully saturated rings. The summed E-state index contributed by atoms with van der Waals surface area (Å²) >= 11 is 6.28. The Morgan fingerprint density at radius 3 is 2.71 bits per heavy atom. The lowest BCUT2D eigenvalue weighted by atomic mass is 9.97. The van der Waals surface area contributed by atoms with Gasteiger partial charge in [0.2, 0.25) is 0 Å². The molecule has 0 aliphatic heterocycles. The predicted molar refractivity (Wildman–Crippen MR) is 106 cm³/mol. The topological polar surface area (TPSA) is 78.9 Å². The van der Waals surface area contributed by atoms with Gasteiger partial charge in [-0.3, -0.25) is 4.79 Å². The van der Waals surface area contributed by atoms with Crippen LogP contribution in [0.3, 0.4) is 0 Å². The summed E-state index contributed by atoms with van der Waals surface area (Å²) < 4.78 is 15.8. The summed E-state index contributed by atoms with van der Waals surface area (Å²) in [5, 5.41) is 23.5. The maximum absolute atomic E-state index is 14.8. The van der Waals surface area contributed by atoms with Crippen molar-refractivity contribution in [3.8, 4) is 22.9 Å². The predicted octanol–water partition coefficient (Wildman–Crippen LogP) is 4.30. The third kappa shape index (κ3) is 3.53. The largest absolute Gasteiger partial charge is 0.505 e. The smallest absolute Gasteiger partial charge is 0.278 e. The van der Waals surface area contributed by atoms with Crippen molar-refractivity contribution in [2.75, 3.05) is 0 Å². The van der Waals surface area contributed by atoms with Crippen LogP contribution in [0, 0.1) is 24.1 Å². The average molecular weight is 396 g/mol. The van der Waals surface area contributed by atoms with Crippen molar-refractivity contribution in [1.29, 1.82) is 5.26 Å². The minimum absolute atomic E-state index is 0.108. The number of aryl methyl sites for hydroxylation is 2. The van der Waals surface area contributed by atoms with Crippen LogP contribution in [0.5, 0.6) is 5.75 Å². The number of nitriles is 1. The van der Waals surface area contributed by atoms with Crippen LogP contribution in [0.15, 0.2) is 41.2 Å². The molecule has 1 N–H and O–H groups in total. The van der Waals surface area contributed by atoms with E-state index in [0.29, 0.717) is 11.1 Å². The first kappa shape index (κ1) is 19.3. The van der Waals surface area contributed by atoms with Gasteiger partial charge in [0.15, 0.2) is 5.75 Å². The molecule has 3 rings (SSSR count). The van der Waals surface area contributed by atoms with Crippen LogP contribution in [0.1, 0.15) is 22.4 Å². The monoisotopic (exact) mass is 395 g/mol. The third-order valence-electron chi connectivity index (χ3n) is 4.24. The lowest BCUT2D eigenvalue weighted by molar-refractivity contribution is 0.460. The van der Waals surface area contributed by atoms with Crippen LogP contribution in [-0.2, 0) is 7.05 Å². The molecule has 0 bridgehead atoms. The van der Waals surface area contributed by atoms with Gasteiger partial charge in [-0.2, -0.15) is 10.4 Å². The number of hydrogen-bond acceptors (Lipinski definition) is 4. The highest BCUT2D eigenvalue weighted by Crippen LogP contribution is 2.36. The lowest BCUT2D eigenvalue weighted by Gasteiger charge is -2.13. The van der Waals surface area contributed by atoms with Crippen molar-refractivity contribution in [3.63, 3.8) is 0 Å². The highest BCUT2D eigenvalue weighted by molar-refractivity contribution is 6.32. The number of halogens is 2. The van der Waals surface area contributed by atoms with E-state index in [9.17, 15) is 14.3 Å². The molecule has 140 valence electrons. The van der Waals surface area contributed by atoms with Crippen LogP contribution in [-0.4, -0.2) is 14.9 Å². The molecule has 0 saturated heterocycles. The van der Waals surface area contributed by atoms with Gasteiger partial charge in [-0.05, 0) is 36.8 Å². The van der Waals surface area contributed by atoms with Gasteiger partial charge >= 0.3 is 0 Å². The highest BCUT2D eigenvalue weighted by atomic mass is 35.5. The van der Waals surface area contributed by atoms with Crippen LogP contribution >= 0.6 is 11.6 Å². The summed E-state index contributed by atoms with van der Waals surface area (Å²) in [6.45, 7) is 1.52. The molecule has 5 nitrogen and oxygen atoms in total. The normalized spacial score (nSPS) is 11.0. The number of hydrogen-bond donors (Lipinski definition) is 1. The fourth-order valence-corrected chi connectivity index (χ4v) is 3.08. The number of benzene rings is 2. The van der Waals surface area contributed by atoms with Crippen LogP contribution in [0.2, 0.25) is 5.02 Å². The molecule has 28 heavy (non-hydrogen) atoms. The fourth-order valence-electron chi connectivity index (χ4n) is 2.86. The molecule has 0 amide bonds. The SMILES string of the molecule is Cc1nn(C)c(=O)c(-c2c(F)ccc(Cl)c2/C=C/c2cccc(C#N)c2)c1O. The Labute approximate surface area is 165 Å². The molecule has 0 radical (unpaired) electrons. The van der Waals surface area contributed by atoms with E-state index in [4.69, 9.17) is 16.9 Å². The second-order valence-corrected chi connectivity index (χ2v) is 6.53. The highest BCUT2D eigenvalue weighted by Gasteiger charge is 2.22. The molecule has 1 aromatic heterocycles. The minimum Gasteiger partial charge on any atom is -0.505 e. The van der Waals surface area contributed by atoms with Crippen LogP contribution < -0.4 is 5.56 Å². The second-order valence-electron chi connectivity index (χ2n) is 6.13. The number of rotatable bonds is 3. The van der Waals surface area contributed by atoms with Gasteiger partial charge in [-0.1, -0.05) is 35.9 Å². The molecule has 2 aromatic carbocycles. The van der Waals surface area contributed by atoms with E-state index in [1.165, 1.54) is 20.0 Å². The molecule has 3 aromatic rings. The molecular weight excluding hydrogens is 381 g/mol. The van der Waals surface area contributed by atoms with Crippen molar-refractivity contribution in [1.82, 2.24) is 9.78 Å². The Morgan fingerprint density at radius 1 is 1.25 bits per heavy atom. The zero-order valence-electron chi connectivity index (χ0n) is 15.1. The molecule has 0 saturated carbocycles. The molecule has 1 heterocycles. The molecule has 0 spiro atoms. The van der Waals surface area contributed by atoms with E-state index in [0.717, 1.165) is 10.7 Å². The quantitative estimate of drug-likeness (QED) is 0.671. The van der Waals surface area contributed by atoms with E-state index in [1.54, 1.807) is 36.4 Å². The van der Waals surface area contributed by atoms with E-state index >= 15 is 0 Å². The first-order valence-corrected chi connectivity index (χ1v) is 8.64. The first-order chi connectivity index (χ1) is 13.3. The van der Waals surface area contributed by atoms with Gasteiger partial charge in [-0.15, -0.1) is 0 Å². The van der Waals surface area contributed by atoms with Crippen molar-refractivity contribution in [3.05, 3.63) is 80.0 Å². The maximum Gasteiger partial charge on any atom is 0.278 e. The maximum atomic E-state index is 14.8. The number of aromatic nitrogens is 2. The van der Waals surface area contributed by atoms with E-state index in [2.05, 4.69) is 5.10 Å². The van der Waals surface area contributed by atoms with Crippen LogP contribution in [0.25, 0.3) is 23.3 Å². The molecule has 0 atom stereocenters. The lowest BCUT2D eigenvalue weighted by Crippen LogP contribution is -2.23. The molecular formula is C21H15ClFN3O2. The number of aromatic hydroxyl groups is 1. The zero-order chi connectivity index (χ0) is 20.4. The molecule has 0 unspecified atom stereocenters. The Balaban J connectivity index is 2.26. The van der Waals surface area contributed by atoms with Crippen LogP contribution in [0.4, 0.5) is 4.39 Å². The molecule has 0 aliphatic rings. The third-order valence-corrected chi connectivity index (χ3v) is 4.57. The van der Waals surface area contributed by atoms with Crippen molar-refractivity contribution in [2.24, 2.45) is 7.05 Å². The number of nitrogens with zero attached hydrogens (tertiary/aromatic N) is 3. The van der Waals surface area contributed by atoms with Gasteiger partial charge in [-0.25, -0.2) is 9.07 Å². The first-order valence-electron chi connectivity index (χ1n) is 8.27. The summed E-state index contributed by atoms with van der Waals surface area (Å²) in [6, 6.07) is 11.4. The van der Waals surface area contributed by atoms with Crippen molar-refractivity contribution < 1.29 is 9.50 Å².